The van der Waals surface area contributed by atoms with E-state index in [0.29, 0.717) is 27.8 Å². The molecule has 1 N–H and O–H groups in total. The van der Waals surface area contributed by atoms with Crippen molar-refractivity contribution in [3.8, 4) is 11.4 Å². The van der Waals surface area contributed by atoms with Crippen LogP contribution in [0.4, 0.5) is 11.4 Å². The van der Waals surface area contributed by atoms with Crippen LogP contribution in [0.2, 0.25) is 5.02 Å². The minimum absolute atomic E-state index is 0.00996. The van der Waals surface area contributed by atoms with Crippen molar-refractivity contribution >= 4 is 46.4 Å². The van der Waals surface area contributed by atoms with Gasteiger partial charge in [-0.3, -0.25) is 19.7 Å². The van der Waals surface area contributed by atoms with Crippen LogP contribution in [-0.2, 0) is 18.3 Å². The number of thioether (sulfide) groups is 1. The number of ketones is 1. The molecule has 1 aliphatic heterocycles. The number of aromatic nitrogens is 3. The molecule has 0 radical (unpaired) electrons. The van der Waals surface area contributed by atoms with Crippen LogP contribution < -0.4 is 5.32 Å². The van der Waals surface area contributed by atoms with Gasteiger partial charge in [-0.1, -0.05) is 23.4 Å². The topological polar surface area (TPSA) is 120 Å². The highest BCUT2D eigenvalue weighted by atomic mass is 35.5. The number of hydrogen-bond donors (Lipinski definition) is 1. The highest BCUT2D eigenvalue weighted by Gasteiger charge is 2.22. The lowest BCUT2D eigenvalue weighted by Crippen LogP contribution is -2.05. The fourth-order valence-corrected chi connectivity index (χ4v) is 4.16. The lowest BCUT2D eigenvalue weighted by atomic mass is 10.1. The van der Waals surface area contributed by atoms with Gasteiger partial charge in [-0.05, 0) is 29.8 Å². The van der Waals surface area contributed by atoms with Gasteiger partial charge in [0.05, 0.1) is 22.1 Å². The number of carbonyl (C=O) groups is 2. The van der Waals surface area contributed by atoms with Crippen LogP contribution in [0.1, 0.15) is 15.9 Å². The third-order valence-electron chi connectivity index (χ3n) is 4.62. The van der Waals surface area contributed by atoms with Gasteiger partial charge in [0.2, 0.25) is 5.91 Å². The van der Waals surface area contributed by atoms with Crippen LogP contribution in [-0.4, -0.2) is 37.1 Å². The number of fused-ring (bicyclic) bond motifs is 1. The maximum absolute atomic E-state index is 12.7. The molecular formula is C19H14ClN5O4S. The Balaban J connectivity index is 1.48. The summed E-state index contributed by atoms with van der Waals surface area (Å²) in [6, 6.07) is 9.24. The van der Waals surface area contributed by atoms with E-state index in [0.717, 1.165) is 5.56 Å². The largest absolute Gasteiger partial charge is 0.325 e. The van der Waals surface area contributed by atoms with Gasteiger partial charge < -0.3 is 9.88 Å². The molecule has 3 aromatic rings. The molecule has 0 saturated heterocycles. The Labute approximate surface area is 179 Å². The van der Waals surface area contributed by atoms with E-state index < -0.39 is 4.92 Å². The number of anilines is 1. The number of non-ortho nitro benzene ring substituents is 1. The summed E-state index contributed by atoms with van der Waals surface area (Å²) >= 11 is 7.43. The molecule has 0 aliphatic carbocycles. The maximum atomic E-state index is 12.7. The van der Waals surface area contributed by atoms with Crippen molar-refractivity contribution in [1.29, 1.82) is 0 Å². The van der Waals surface area contributed by atoms with Crippen molar-refractivity contribution in [2.75, 3.05) is 11.1 Å². The number of carbonyl (C=O) groups excluding carboxylic acids is 2. The van der Waals surface area contributed by atoms with E-state index in [1.807, 2.05) is 0 Å². The van der Waals surface area contributed by atoms with Crippen molar-refractivity contribution in [2.45, 2.75) is 11.6 Å². The second-order valence-corrected chi connectivity index (χ2v) is 7.94. The Bertz CT molecular complexity index is 1190. The average molecular weight is 444 g/mol. The number of halogens is 1. The fourth-order valence-electron chi connectivity index (χ4n) is 3.09. The lowest BCUT2D eigenvalue weighted by Gasteiger charge is -2.07. The zero-order valence-electron chi connectivity index (χ0n) is 15.6. The third-order valence-corrected chi connectivity index (χ3v) is 5.95. The second-order valence-electron chi connectivity index (χ2n) is 6.60. The smallest absolute Gasteiger partial charge is 0.269 e. The van der Waals surface area contributed by atoms with E-state index in [1.165, 1.54) is 23.9 Å². The molecule has 0 bridgehead atoms. The normalized spacial score (nSPS) is 12.5. The quantitative estimate of drug-likeness (QED) is 0.268. The van der Waals surface area contributed by atoms with Crippen LogP contribution in [0.5, 0.6) is 0 Å². The van der Waals surface area contributed by atoms with Crippen LogP contribution in [0.15, 0.2) is 41.6 Å². The summed E-state index contributed by atoms with van der Waals surface area (Å²) in [5.41, 5.74) is 2.40. The lowest BCUT2D eigenvalue weighted by molar-refractivity contribution is -0.384. The summed E-state index contributed by atoms with van der Waals surface area (Å²) < 4.78 is 1.71. The number of nitrogens with zero attached hydrogens (tertiary/aromatic N) is 4. The number of nitro benzene ring substituents is 1. The summed E-state index contributed by atoms with van der Waals surface area (Å²) in [4.78, 5) is 34.5. The molecule has 30 heavy (non-hydrogen) atoms. The molecule has 152 valence electrons. The Kier molecular flexibility index (Phi) is 5.27. The number of nitrogens with one attached hydrogen (secondary N) is 1. The number of amides is 1. The summed E-state index contributed by atoms with van der Waals surface area (Å²) in [6.45, 7) is 0. The molecule has 0 atom stereocenters. The predicted molar refractivity (Wildman–Crippen MR) is 112 cm³/mol. The second kappa shape index (κ2) is 7.88. The number of rotatable bonds is 6. The first-order chi connectivity index (χ1) is 14.3. The highest BCUT2D eigenvalue weighted by molar-refractivity contribution is 7.99. The van der Waals surface area contributed by atoms with E-state index in [4.69, 9.17) is 11.6 Å². The first-order valence-electron chi connectivity index (χ1n) is 8.76. The molecule has 2 heterocycles. The van der Waals surface area contributed by atoms with Gasteiger partial charge >= 0.3 is 0 Å². The minimum atomic E-state index is -0.469. The minimum Gasteiger partial charge on any atom is -0.325 e. The highest BCUT2D eigenvalue weighted by Crippen LogP contribution is 2.31. The van der Waals surface area contributed by atoms with Gasteiger partial charge in [0.25, 0.3) is 5.69 Å². The van der Waals surface area contributed by atoms with E-state index in [2.05, 4.69) is 15.5 Å². The van der Waals surface area contributed by atoms with E-state index in [9.17, 15) is 19.7 Å². The van der Waals surface area contributed by atoms with Gasteiger partial charge in [0, 0.05) is 36.0 Å². The van der Waals surface area contributed by atoms with Gasteiger partial charge in [-0.15, -0.1) is 10.2 Å². The fraction of sp³-hybridized carbons (Fsp3) is 0.158. The van der Waals surface area contributed by atoms with E-state index in [1.54, 1.807) is 35.9 Å². The van der Waals surface area contributed by atoms with Gasteiger partial charge in [0.1, 0.15) is 0 Å². The number of benzene rings is 2. The number of nitro groups is 1. The predicted octanol–water partition coefficient (Wildman–Crippen LogP) is 3.51. The zero-order chi connectivity index (χ0) is 21.4. The first kappa shape index (κ1) is 20.0. The molecule has 11 heteroatoms. The number of Topliss-reactive ketones (excluding diaryl/α,β-unsaturated/α-hetero) is 1. The SMILES string of the molecule is Cn1c(SCC(=O)c2cc3c(cc2Cl)NC(=O)C3)nnc1-c1ccc([N+](=O)[O-])cc1. The Morgan fingerprint density at radius 3 is 2.73 bits per heavy atom. The molecule has 0 fully saturated rings. The van der Waals surface area contributed by atoms with Gasteiger partial charge in [-0.2, -0.15) is 0 Å². The molecule has 9 nitrogen and oxygen atoms in total. The maximum Gasteiger partial charge on any atom is 0.269 e. The summed E-state index contributed by atoms with van der Waals surface area (Å²) in [5.74, 6) is 0.302. The van der Waals surface area contributed by atoms with Crippen LogP contribution >= 0.6 is 23.4 Å². The molecule has 1 aliphatic rings. The summed E-state index contributed by atoms with van der Waals surface area (Å²) in [5, 5.41) is 22.5. The van der Waals surface area contributed by atoms with Crippen LogP contribution in [0, 0.1) is 10.1 Å². The third kappa shape index (κ3) is 3.79. The Hall–Kier alpha value is -3.24. The van der Waals surface area contributed by atoms with Crippen molar-refractivity contribution in [3.63, 3.8) is 0 Å². The van der Waals surface area contributed by atoms with Crippen molar-refractivity contribution < 1.29 is 14.5 Å². The molecule has 0 saturated carbocycles. The van der Waals surface area contributed by atoms with Crippen LogP contribution in [0.25, 0.3) is 11.4 Å². The van der Waals surface area contributed by atoms with Crippen molar-refractivity contribution in [3.05, 3.63) is 62.7 Å². The molecule has 0 spiro atoms. The van der Waals surface area contributed by atoms with Gasteiger partial charge in [0.15, 0.2) is 16.8 Å². The standard InChI is InChI=1S/C19H14ClN5O4S/c1-24-18(10-2-4-12(5-3-10)25(28)29)22-23-19(24)30-9-16(26)13-6-11-7-17(27)21-15(11)8-14(13)20/h2-6,8H,7,9H2,1H3,(H,21,27). The monoisotopic (exact) mass is 443 g/mol. The van der Waals surface area contributed by atoms with E-state index >= 15 is 0 Å². The first-order valence-corrected chi connectivity index (χ1v) is 10.1. The molecule has 2 aromatic carbocycles. The Morgan fingerprint density at radius 1 is 1.30 bits per heavy atom. The summed E-state index contributed by atoms with van der Waals surface area (Å²) in [6.07, 6.45) is 0.224. The zero-order valence-corrected chi connectivity index (χ0v) is 17.2. The molecule has 1 amide bonds. The number of hydrogen-bond acceptors (Lipinski definition) is 7. The van der Waals surface area contributed by atoms with Crippen LogP contribution in [0.3, 0.4) is 0 Å². The molecular weight excluding hydrogens is 430 g/mol. The van der Waals surface area contributed by atoms with E-state index in [-0.39, 0.29) is 34.6 Å². The average Bonchev–Trinajstić information content (AvgIpc) is 3.26. The summed E-state index contributed by atoms with van der Waals surface area (Å²) in [7, 11) is 1.75. The Morgan fingerprint density at radius 2 is 2.03 bits per heavy atom. The van der Waals surface area contributed by atoms with Crippen molar-refractivity contribution in [2.24, 2.45) is 7.05 Å². The molecule has 4 rings (SSSR count). The van der Waals surface area contributed by atoms with Crippen molar-refractivity contribution in [1.82, 2.24) is 14.8 Å². The molecule has 0 unspecified atom stereocenters. The van der Waals surface area contributed by atoms with Gasteiger partial charge in [-0.25, -0.2) is 0 Å². The molecule has 1 aromatic heterocycles.